The minimum Gasteiger partial charge on any atom is -0.406 e. The molecule has 1 unspecified atom stereocenters. The molecular weight excluding hydrogens is 465 g/mol. The fourth-order valence-corrected chi connectivity index (χ4v) is 4.52. The van der Waals surface area contributed by atoms with Crippen molar-refractivity contribution in [1.29, 1.82) is 5.41 Å². The van der Waals surface area contributed by atoms with Gasteiger partial charge in [0.1, 0.15) is 17.4 Å². The number of rotatable bonds is 5. The highest BCUT2D eigenvalue weighted by Crippen LogP contribution is 2.37. The number of alkyl halides is 3. The lowest BCUT2D eigenvalue weighted by Gasteiger charge is -2.38. The van der Waals surface area contributed by atoms with Crippen LogP contribution in [0.3, 0.4) is 0 Å². The third kappa shape index (κ3) is 6.49. The molecular formula is C26H24F5N3O. The number of hydrogen-bond acceptors (Lipinski definition) is 2. The summed E-state index contributed by atoms with van der Waals surface area (Å²) >= 11 is 0. The van der Waals surface area contributed by atoms with Crippen molar-refractivity contribution in [2.45, 2.75) is 25.1 Å². The monoisotopic (exact) mass is 489 g/mol. The fraction of sp³-hybridized carbons (Fsp3) is 0.269. The van der Waals surface area contributed by atoms with E-state index in [-0.39, 0.29) is 35.2 Å². The van der Waals surface area contributed by atoms with E-state index in [9.17, 15) is 22.0 Å². The highest BCUT2D eigenvalue weighted by Gasteiger charge is 2.32. The molecule has 1 saturated heterocycles. The van der Waals surface area contributed by atoms with Crippen LogP contribution < -0.4 is 10.1 Å². The van der Waals surface area contributed by atoms with Crippen molar-refractivity contribution in [1.82, 2.24) is 4.90 Å². The number of piperidine rings is 1. The Morgan fingerprint density at radius 1 is 0.886 bits per heavy atom. The van der Waals surface area contributed by atoms with Gasteiger partial charge in [-0.25, -0.2) is 8.78 Å². The van der Waals surface area contributed by atoms with Crippen molar-refractivity contribution >= 4 is 11.6 Å². The van der Waals surface area contributed by atoms with Gasteiger partial charge in [-0.05, 0) is 78.4 Å². The SMILES string of the molecule is N=C(Nc1ccc(OC(F)(F)F)cc1)N1CCCC(C(c2ccc(F)cc2)c2ccc(F)cc2)C1. The summed E-state index contributed by atoms with van der Waals surface area (Å²) in [6.45, 7) is 1.16. The summed E-state index contributed by atoms with van der Waals surface area (Å²) in [5, 5.41) is 11.4. The van der Waals surface area contributed by atoms with Gasteiger partial charge in [-0.2, -0.15) is 0 Å². The van der Waals surface area contributed by atoms with Gasteiger partial charge in [-0.1, -0.05) is 24.3 Å². The Balaban J connectivity index is 1.49. The molecule has 0 aliphatic carbocycles. The molecule has 4 nitrogen and oxygen atoms in total. The predicted octanol–water partition coefficient (Wildman–Crippen LogP) is 6.75. The van der Waals surface area contributed by atoms with Gasteiger partial charge in [0.2, 0.25) is 0 Å². The Hall–Kier alpha value is -3.62. The highest BCUT2D eigenvalue weighted by atomic mass is 19.4. The maximum atomic E-state index is 13.6. The summed E-state index contributed by atoms with van der Waals surface area (Å²) in [5.41, 5.74) is 2.27. The lowest BCUT2D eigenvalue weighted by atomic mass is 9.77. The molecule has 1 aliphatic heterocycles. The van der Waals surface area contributed by atoms with Gasteiger partial charge < -0.3 is 15.0 Å². The summed E-state index contributed by atoms with van der Waals surface area (Å²) < 4.78 is 68.1. The van der Waals surface area contributed by atoms with Gasteiger partial charge >= 0.3 is 6.36 Å². The largest absolute Gasteiger partial charge is 0.573 e. The zero-order valence-electron chi connectivity index (χ0n) is 18.7. The van der Waals surface area contributed by atoms with E-state index in [1.165, 1.54) is 48.5 Å². The minimum absolute atomic E-state index is 0.0735. The van der Waals surface area contributed by atoms with E-state index < -0.39 is 6.36 Å². The smallest absolute Gasteiger partial charge is 0.406 e. The zero-order valence-corrected chi connectivity index (χ0v) is 18.7. The summed E-state index contributed by atoms with van der Waals surface area (Å²) in [4.78, 5) is 1.87. The molecule has 35 heavy (non-hydrogen) atoms. The second-order valence-electron chi connectivity index (χ2n) is 8.47. The van der Waals surface area contributed by atoms with Gasteiger partial charge in [-0.3, -0.25) is 5.41 Å². The summed E-state index contributed by atoms with van der Waals surface area (Å²) in [7, 11) is 0. The number of guanidine groups is 1. The Morgan fingerprint density at radius 2 is 1.43 bits per heavy atom. The average Bonchev–Trinajstić information content (AvgIpc) is 2.82. The van der Waals surface area contributed by atoms with Crippen LogP contribution in [0, 0.1) is 23.0 Å². The van der Waals surface area contributed by atoms with Crippen LogP contribution in [0.1, 0.15) is 29.9 Å². The average molecular weight is 489 g/mol. The minimum atomic E-state index is -4.77. The molecule has 1 heterocycles. The van der Waals surface area contributed by atoms with E-state index in [0.29, 0.717) is 18.8 Å². The standard InChI is InChI=1S/C26H24F5N3O/c27-20-7-3-17(4-8-20)24(18-5-9-21(28)10-6-18)19-2-1-15-34(16-19)25(32)33-22-11-13-23(14-12-22)35-26(29,30)31/h3-14,19,24H,1-2,15-16H2,(H2,32,33). The Morgan fingerprint density at radius 3 is 1.94 bits per heavy atom. The lowest BCUT2D eigenvalue weighted by Crippen LogP contribution is -2.44. The molecule has 4 rings (SSSR count). The number of halogens is 5. The van der Waals surface area contributed by atoms with E-state index in [0.717, 1.165) is 24.0 Å². The molecule has 0 bridgehead atoms. The lowest BCUT2D eigenvalue weighted by molar-refractivity contribution is -0.274. The van der Waals surface area contributed by atoms with Gasteiger partial charge in [-0.15, -0.1) is 13.2 Å². The van der Waals surface area contributed by atoms with Crippen molar-refractivity contribution in [3.63, 3.8) is 0 Å². The number of likely N-dealkylation sites (tertiary alicyclic amines) is 1. The van der Waals surface area contributed by atoms with E-state index >= 15 is 0 Å². The second-order valence-corrected chi connectivity index (χ2v) is 8.47. The number of benzene rings is 3. The van der Waals surface area contributed by atoms with Crippen LogP contribution in [-0.4, -0.2) is 30.3 Å². The molecule has 1 fully saturated rings. The molecule has 3 aromatic rings. The van der Waals surface area contributed by atoms with E-state index in [4.69, 9.17) is 5.41 Å². The number of ether oxygens (including phenoxy) is 1. The number of anilines is 1. The first kappa shape index (κ1) is 24.5. The van der Waals surface area contributed by atoms with Gasteiger partial charge in [0.15, 0.2) is 5.96 Å². The molecule has 1 atom stereocenters. The van der Waals surface area contributed by atoms with Crippen LogP contribution in [0.15, 0.2) is 72.8 Å². The maximum absolute atomic E-state index is 13.6. The number of nitrogens with one attached hydrogen (secondary N) is 2. The molecule has 2 N–H and O–H groups in total. The van der Waals surface area contributed by atoms with Gasteiger partial charge in [0.25, 0.3) is 0 Å². The molecule has 0 spiro atoms. The molecule has 9 heteroatoms. The van der Waals surface area contributed by atoms with E-state index in [1.807, 2.05) is 4.90 Å². The van der Waals surface area contributed by atoms with Gasteiger partial charge in [0, 0.05) is 24.7 Å². The fourth-order valence-electron chi connectivity index (χ4n) is 4.52. The predicted molar refractivity (Wildman–Crippen MR) is 123 cm³/mol. The quantitative estimate of drug-likeness (QED) is 0.237. The van der Waals surface area contributed by atoms with Crippen LogP contribution >= 0.6 is 0 Å². The molecule has 0 radical (unpaired) electrons. The van der Waals surface area contributed by atoms with E-state index in [2.05, 4.69) is 10.1 Å². The van der Waals surface area contributed by atoms with Crippen molar-refractivity contribution in [3.8, 4) is 5.75 Å². The Labute approximate surface area is 199 Å². The van der Waals surface area contributed by atoms with E-state index in [1.54, 1.807) is 24.3 Å². The molecule has 0 aromatic heterocycles. The number of hydrogen-bond donors (Lipinski definition) is 2. The van der Waals surface area contributed by atoms with Crippen LogP contribution in [-0.2, 0) is 0 Å². The van der Waals surface area contributed by atoms with Gasteiger partial charge in [0.05, 0.1) is 0 Å². The third-order valence-electron chi connectivity index (χ3n) is 6.05. The summed E-state index contributed by atoms with van der Waals surface area (Å²) in [5.74, 6) is -0.941. The Kier molecular flexibility index (Phi) is 7.23. The highest BCUT2D eigenvalue weighted by molar-refractivity contribution is 5.91. The first-order valence-corrected chi connectivity index (χ1v) is 11.2. The first-order chi connectivity index (χ1) is 16.7. The van der Waals surface area contributed by atoms with Crippen LogP contribution in [0.25, 0.3) is 0 Å². The summed E-state index contributed by atoms with van der Waals surface area (Å²) in [6.07, 6.45) is -3.09. The normalized spacial score (nSPS) is 16.3. The van der Waals surface area contributed by atoms with Crippen molar-refractivity contribution in [3.05, 3.63) is 95.6 Å². The Bertz CT molecular complexity index is 1090. The molecule has 1 aliphatic rings. The van der Waals surface area contributed by atoms with Crippen LogP contribution in [0.2, 0.25) is 0 Å². The molecule has 0 saturated carbocycles. The maximum Gasteiger partial charge on any atom is 0.573 e. The van der Waals surface area contributed by atoms with Crippen LogP contribution in [0.5, 0.6) is 5.75 Å². The zero-order chi connectivity index (χ0) is 25.0. The molecule has 184 valence electrons. The summed E-state index contributed by atoms with van der Waals surface area (Å²) in [6, 6.07) is 17.7. The van der Waals surface area contributed by atoms with Crippen molar-refractivity contribution < 1.29 is 26.7 Å². The second kappa shape index (κ2) is 10.3. The first-order valence-electron chi connectivity index (χ1n) is 11.2. The van der Waals surface area contributed by atoms with Crippen molar-refractivity contribution in [2.24, 2.45) is 5.92 Å². The molecule has 3 aromatic carbocycles. The topological polar surface area (TPSA) is 48.4 Å². The third-order valence-corrected chi connectivity index (χ3v) is 6.05. The van der Waals surface area contributed by atoms with Crippen molar-refractivity contribution in [2.75, 3.05) is 18.4 Å². The molecule has 0 amide bonds. The number of nitrogens with zero attached hydrogens (tertiary/aromatic N) is 1. The van der Waals surface area contributed by atoms with Crippen LogP contribution in [0.4, 0.5) is 27.6 Å².